The fourth-order valence-corrected chi connectivity index (χ4v) is 2.92. The van der Waals surface area contributed by atoms with Crippen LogP contribution >= 0.6 is 27.5 Å². The molecule has 0 bridgehead atoms. The zero-order valence-electron chi connectivity index (χ0n) is 13.8. The molecule has 0 aliphatic carbocycles. The number of rotatable bonds is 7. The van der Waals surface area contributed by atoms with Crippen LogP contribution in [0.3, 0.4) is 0 Å². The second-order valence-corrected chi connectivity index (χ2v) is 6.64. The molecule has 0 amide bonds. The van der Waals surface area contributed by atoms with Gasteiger partial charge in [0, 0.05) is 16.1 Å². The van der Waals surface area contributed by atoms with Crippen LogP contribution in [-0.4, -0.2) is 23.0 Å². The molecule has 130 valence electrons. The van der Waals surface area contributed by atoms with Crippen LogP contribution < -0.4 is 9.47 Å². The third-order valence-electron chi connectivity index (χ3n) is 3.56. The lowest BCUT2D eigenvalue weighted by molar-refractivity contribution is 0.260. The molecule has 0 saturated heterocycles. The van der Waals surface area contributed by atoms with Gasteiger partial charge in [0.25, 0.3) is 0 Å². The van der Waals surface area contributed by atoms with Gasteiger partial charge < -0.3 is 9.47 Å². The van der Waals surface area contributed by atoms with Crippen LogP contribution in [0.5, 0.6) is 11.6 Å². The van der Waals surface area contributed by atoms with Gasteiger partial charge in [-0.1, -0.05) is 57.9 Å². The fourth-order valence-electron chi connectivity index (χ4n) is 2.40. The minimum absolute atomic E-state index is 0.437. The van der Waals surface area contributed by atoms with Crippen molar-refractivity contribution < 1.29 is 9.47 Å². The van der Waals surface area contributed by atoms with Crippen molar-refractivity contribution in [2.45, 2.75) is 13.5 Å². The maximum absolute atomic E-state index is 6.15. The summed E-state index contributed by atoms with van der Waals surface area (Å²) in [6.07, 6.45) is 0. The Bertz CT molecular complexity index is 837. The molecule has 0 atom stereocenters. The van der Waals surface area contributed by atoms with Crippen LogP contribution in [0, 0.1) is 0 Å². The lowest BCUT2D eigenvalue weighted by Crippen LogP contribution is -2.11. The van der Waals surface area contributed by atoms with Gasteiger partial charge in [0.1, 0.15) is 12.4 Å². The van der Waals surface area contributed by atoms with E-state index in [1.54, 1.807) is 6.07 Å². The number of hydrogen-bond donors (Lipinski definition) is 0. The number of nitrogens with zero attached hydrogens (tertiary/aromatic N) is 2. The summed E-state index contributed by atoms with van der Waals surface area (Å²) in [5, 5.41) is 5.22. The van der Waals surface area contributed by atoms with Crippen molar-refractivity contribution in [1.82, 2.24) is 9.78 Å². The highest BCUT2D eigenvalue weighted by Gasteiger charge is 2.11. The Morgan fingerprint density at radius 2 is 1.88 bits per heavy atom. The van der Waals surface area contributed by atoms with E-state index in [1.165, 1.54) is 0 Å². The van der Waals surface area contributed by atoms with Gasteiger partial charge in [-0.15, -0.1) is 0 Å². The molecule has 0 saturated carbocycles. The number of hydrogen-bond acceptors (Lipinski definition) is 3. The topological polar surface area (TPSA) is 36.3 Å². The maximum Gasteiger partial charge on any atom is 0.212 e. The van der Waals surface area contributed by atoms with Crippen molar-refractivity contribution in [3.63, 3.8) is 0 Å². The van der Waals surface area contributed by atoms with E-state index in [1.807, 2.05) is 60.1 Å². The minimum atomic E-state index is 0.437. The molecule has 0 unspecified atom stereocenters. The summed E-state index contributed by atoms with van der Waals surface area (Å²) < 4.78 is 14.2. The Morgan fingerprint density at radius 3 is 2.64 bits per heavy atom. The first-order valence-electron chi connectivity index (χ1n) is 8.01. The monoisotopic (exact) mass is 420 g/mol. The Labute approximate surface area is 160 Å². The molecule has 0 spiro atoms. The van der Waals surface area contributed by atoms with Gasteiger partial charge >= 0.3 is 0 Å². The van der Waals surface area contributed by atoms with Crippen LogP contribution in [0.15, 0.2) is 59.1 Å². The molecule has 0 N–H and O–H groups in total. The molecule has 6 heteroatoms. The molecule has 0 fully saturated rings. The van der Waals surface area contributed by atoms with Gasteiger partial charge in [-0.25, -0.2) is 4.68 Å². The van der Waals surface area contributed by atoms with Crippen molar-refractivity contribution in [2.24, 2.45) is 0 Å². The van der Waals surface area contributed by atoms with E-state index in [-0.39, 0.29) is 0 Å². The summed E-state index contributed by atoms with van der Waals surface area (Å²) in [7, 11) is 0. The van der Waals surface area contributed by atoms with Crippen molar-refractivity contribution in [1.29, 1.82) is 0 Å². The van der Waals surface area contributed by atoms with Gasteiger partial charge in [0.2, 0.25) is 5.88 Å². The third kappa shape index (κ3) is 4.55. The summed E-state index contributed by atoms with van der Waals surface area (Å²) in [4.78, 5) is 0. The van der Waals surface area contributed by atoms with Gasteiger partial charge in [-0.2, -0.15) is 5.10 Å². The average Bonchev–Trinajstić information content (AvgIpc) is 3.02. The maximum atomic E-state index is 6.15. The zero-order chi connectivity index (χ0) is 17.6. The Hall–Kier alpha value is -1.98. The Balaban J connectivity index is 1.73. The number of benzene rings is 2. The first-order valence-corrected chi connectivity index (χ1v) is 9.18. The van der Waals surface area contributed by atoms with Gasteiger partial charge in [0.15, 0.2) is 0 Å². The summed E-state index contributed by atoms with van der Waals surface area (Å²) in [5.74, 6) is 1.37. The lowest BCUT2D eigenvalue weighted by atomic mass is 10.2. The van der Waals surface area contributed by atoms with E-state index in [4.69, 9.17) is 21.1 Å². The van der Waals surface area contributed by atoms with E-state index in [0.29, 0.717) is 30.5 Å². The van der Waals surface area contributed by atoms with Crippen molar-refractivity contribution >= 4 is 27.5 Å². The molecule has 1 aromatic heterocycles. The quantitative estimate of drug-likeness (QED) is 0.509. The third-order valence-corrected chi connectivity index (χ3v) is 4.36. The highest BCUT2D eigenvalue weighted by molar-refractivity contribution is 9.10. The summed E-state index contributed by atoms with van der Waals surface area (Å²) in [5.41, 5.74) is 1.93. The van der Waals surface area contributed by atoms with Gasteiger partial charge in [-0.05, 0) is 25.1 Å². The molecule has 0 aliphatic rings. The van der Waals surface area contributed by atoms with E-state index in [9.17, 15) is 0 Å². The molecular weight excluding hydrogens is 404 g/mol. The molecule has 2 aromatic carbocycles. The number of aromatic nitrogens is 2. The molecule has 1 heterocycles. The second kappa shape index (κ2) is 8.41. The number of halogens is 2. The summed E-state index contributed by atoms with van der Waals surface area (Å²) >= 11 is 9.57. The summed E-state index contributed by atoms with van der Waals surface area (Å²) in [6, 6.07) is 17.5. The highest BCUT2D eigenvalue weighted by atomic mass is 79.9. The smallest absolute Gasteiger partial charge is 0.212 e. The predicted molar refractivity (Wildman–Crippen MR) is 103 cm³/mol. The first kappa shape index (κ1) is 17.8. The van der Waals surface area contributed by atoms with E-state index >= 15 is 0 Å². The molecular formula is C19H18BrClN2O2. The minimum Gasteiger partial charge on any atom is -0.490 e. The van der Waals surface area contributed by atoms with Crippen LogP contribution in [0.4, 0.5) is 0 Å². The first-order chi connectivity index (χ1) is 12.2. The number of ether oxygens (including phenoxy) is 2. The lowest BCUT2D eigenvalue weighted by Gasteiger charge is -2.10. The molecule has 0 aliphatic heterocycles. The van der Waals surface area contributed by atoms with Crippen LogP contribution in [0.25, 0.3) is 11.3 Å². The van der Waals surface area contributed by atoms with E-state index in [2.05, 4.69) is 21.0 Å². The van der Waals surface area contributed by atoms with E-state index in [0.717, 1.165) is 21.6 Å². The van der Waals surface area contributed by atoms with Crippen molar-refractivity contribution in [2.75, 3.05) is 13.2 Å². The Morgan fingerprint density at radius 1 is 1.08 bits per heavy atom. The Kier molecular flexibility index (Phi) is 6.00. The predicted octanol–water partition coefficient (Wildman–Crippen LogP) is 5.44. The summed E-state index contributed by atoms with van der Waals surface area (Å²) in [6.45, 7) is 3.53. The van der Waals surface area contributed by atoms with Crippen LogP contribution in [0.2, 0.25) is 5.02 Å². The second-order valence-electron chi connectivity index (χ2n) is 5.31. The van der Waals surface area contributed by atoms with Crippen molar-refractivity contribution in [3.05, 3.63) is 64.1 Å². The zero-order valence-corrected chi connectivity index (χ0v) is 16.1. The average molecular weight is 422 g/mol. The van der Waals surface area contributed by atoms with Gasteiger partial charge in [0.05, 0.1) is 23.9 Å². The fraction of sp³-hybridized carbons (Fsp3) is 0.211. The molecule has 3 rings (SSSR count). The molecule has 0 radical (unpaired) electrons. The standard InChI is InChI=1S/C19H18BrClN2O2/c1-2-24-19-13-17(14-6-4-3-5-7-14)22-23(19)10-11-25-18-12-15(20)8-9-16(18)21/h3-9,12-13H,2,10-11H2,1H3. The normalized spacial score (nSPS) is 10.7. The van der Waals surface area contributed by atoms with Crippen molar-refractivity contribution in [3.8, 4) is 22.9 Å². The molecule has 25 heavy (non-hydrogen) atoms. The highest BCUT2D eigenvalue weighted by Crippen LogP contribution is 2.28. The largest absolute Gasteiger partial charge is 0.490 e. The molecule has 3 aromatic rings. The van der Waals surface area contributed by atoms with Crippen LogP contribution in [0.1, 0.15) is 6.92 Å². The van der Waals surface area contributed by atoms with Gasteiger partial charge in [-0.3, -0.25) is 0 Å². The SMILES string of the molecule is CCOc1cc(-c2ccccc2)nn1CCOc1cc(Br)ccc1Cl. The van der Waals surface area contributed by atoms with Crippen LogP contribution in [-0.2, 0) is 6.54 Å². The molecule has 4 nitrogen and oxygen atoms in total. The van der Waals surface area contributed by atoms with E-state index < -0.39 is 0 Å².